The largest absolute Gasteiger partial charge is 0.872 e. The number of nitrogens with zero attached hydrogens (tertiary/aromatic N) is 1. The summed E-state index contributed by atoms with van der Waals surface area (Å²) < 4.78 is 1.12. The van der Waals surface area contributed by atoms with E-state index in [1.54, 1.807) is 12.1 Å². The predicted octanol–water partition coefficient (Wildman–Crippen LogP) is 6.93. The highest BCUT2D eigenvalue weighted by molar-refractivity contribution is 5.17. The molecule has 0 amide bonds. The van der Waals surface area contributed by atoms with Gasteiger partial charge in [-0.05, 0) is 12.8 Å². The van der Waals surface area contributed by atoms with Crippen molar-refractivity contribution in [3.8, 4) is 5.75 Å². The van der Waals surface area contributed by atoms with Gasteiger partial charge in [-0.25, -0.2) is 0 Å². The van der Waals surface area contributed by atoms with Crippen LogP contribution in [0, 0.1) is 0 Å². The summed E-state index contributed by atoms with van der Waals surface area (Å²) >= 11 is 0. The normalized spacial score (nSPS) is 11.1. The Labute approximate surface area is 170 Å². The Balaban J connectivity index is 0.000000797. The van der Waals surface area contributed by atoms with Crippen LogP contribution in [-0.2, 0) is 0 Å². The van der Waals surface area contributed by atoms with Crippen molar-refractivity contribution in [2.24, 2.45) is 0 Å². The van der Waals surface area contributed by atoms with Crippen molar-refractivity contribution in [1.29, 1.82) is 0 Å². The van der Waals surface area contributed by atoms with E-state index in [1.165, 1.54) is 109 Å². The van der Waals surface area contributed by atoms with E-state index in [9.17, 15) is 5.11 Å². The van der Waals surface area contributed by atoms with Crippen molar-refractivity contribution in [3.63, 3.8) is 0 Å². The number of para-hydroxylation sites is 1. The maximum absolute atomic E-state index is 10.3. The summed E-state index contributed by atoms with van der Waals surface area (Å²) in [5, 5.41) is 10.3. The molecule has 0 radical (unpaired) electrons. The first-order valence-corrected chi connectivity index (χ1v) is 11.5. The highest BCUT2D eigenvalue weighted by Crippen LogP contribution is 2.13. The summed E-state index contributed by atoms with van der Waals surface area (Å²) in [5.74, 6) is 0.0718. The molecule has 0 aliphatic rings. The lowest BCUT2D eigenvalue weighted by atomic mass is 10.0. The average molecular weight is 378 g/mol. The van der Waals surface area contributed by atoms with Crippen LogP contribution < -0.4 is 5.11 Å². The predicted molar refractivity (Wildman–Crippen MR) is 119 cm³/mol. The quantitative estimate of drug-likeness (QED) is 0.240. The van der Waals surface area contributed by atoms with E-state index in [1.807, 2.05) is 6.07 Å². The minimum Gasteiger partial charge on any atom is -0.872 e. The Morgan fingerprint density at radius 1 is 0.593 bits per heavy atom. The van der Waals surface area contributed by atoms with E-state index in [2.05, 4.69) is 28.1 Å². The molecule has 0 aliphatic carbocycles. The third kappa shape index (κ3) is 22.9. The summed E-state index contributed by atoms with van der Waals surface area (Å²) in [6.07, 6.45) is 20.4. The van der Waals surface area contributed by atoms with Crippen molar-refractivity contribution in [2.45, 2.75) is 96.8 Å². The number of benzene rings is 1. The van der Waals surface area contributed by atoms with Gasteiger partial charge < -0.3 is 9.59 Å². The second-order valence-electron chi connectivity index (χ2n) is 8.92. The van der Waals surface area contributed by atoms with Gasteiger partial charge in [0.05, 0.1) is 27.7 Å². The number of unbranched alkanes of at least 4 members (excludes halogenated alkanes) is 13. The lowest BCUT2D eigenvalue weighted by molar-refractivity contribution is -0.870. The topological polar surface area (TPSA) is 23.1 Å². The van der Waals surface area contributed by atoms with Gasteiger partial charge in [-0.15, -0.1) is 5.75 Å². The average Bonchev–Trinajstić information content (AvgIpc) is 2.62. The summed E-state index contributed by atoms with van der Waals surface area (Å²) in [5.41, 5.74) is 0. The van der Waals surface area contributed by atoms with Crippen molar-refractivity contribution in [1.82, 2.24) is 0 Å². The maximum atomic E-state index is 10.3. The molecule has 0 spiro atoms. The SMILES string of the molecule is CCCCCCCCCCCCCCCC[N+](C)(C)C.[O-]c1ccccc1. The van der Waals surface area contributed by atoms with E-state index in [-0.39, 0.29) is 5.75 Å². The fraction of sp³-hybridized carbons (Fsp3) is 0.760. The number of hydrogen-bond acceptors (Lipinski definition) is 1. The van der Waals surface area contributed by atoms with E-state index in [0.717, 1.165) is 4.48 Å². The zero-order chi connectivity index (χ0) is 20.2. The monoisotopic (exact) mass is 377 g/mol. The van der Waals surface area contributed by atoms with Gasteiger partial charge in [0, 0.05) is 0 Å². The van der Waals surface area contributed by atoms with Crippen LogP contribution in [0.3, 0.4) is 0 Å². The molecule has 2 nitrogen and oxygen atoms in total. The highest BCUT2D eigenvalue weighted by Gasteiger charge is 2.04. The zero-order valence-corrected chi connectivity index (χ0v) is 18.8. The molecule has 158 valence electrons. The molecule has 0 bridgehead atoms. The van der Waals surface area contributed by atoms with E-state index >= 15 is 0 Å². The molecule has 0 aromatic heterocycles. The molecule has 1 rings (SSSR count). The second kappa shape index (κ2) is 18.3. The van der Waals surface area contributed by atoms with Crippen LogP contribution in [0.5, 0.6) is 5.75 Å². The van der Waals surface area contributed by atoms with Crippen LogP contribution in [0.15, 0.2) is 30.3 Å². The molecule has 2 heteroatoms. The second-order valence-corrected chi connectivity index (χ2v) is 8.92. The van der Waals surface area contributed by atoms with Crippen molar-refractivity contribution >= 4 is 0 Å². The fourth-order valence-electron chi connectivity index (χ4n) is 3.20. The van der Waals surface area contributed by atoms with Crippen molar-refractivity contribution in [3.05, 3.63) is 30.3 Å². The number of hydrogen-bond donors (Lipinski definition) is 0. The first kappa shape index (κ1) is 26.0. The minimum absolute atomic E-state index is 0.0718. The van der Waals surface area contributed by atoms with Crippen LogP contribution in [0.4, 0.5) is 0 Å². The van der Waals surface area contributed by atoms with Crippen LogP contribution in [0.1, 0.15) is 96.8 Å². The molecular weight excluding hydrogens is 330 g/mol. The fourth-order valence-corrected chi connectivity index (χ4v) is 3.20. The van der Waals surface area contributed by atoms with Gasteiger partial charge in [0.25, 0.3) is 0 Å². The third-order valence-corrected chi connectivity index (χ3v) is 4.93. The van der Waals surface area contributed by atoms with E-state index in [4.69, 9.17) is 0 Å². The molecule has 0 unspecified atom stereocenters. The maximum Gasteiger partial charge on any atom is 0.0780 e. The smallest absolute Gasteiger partial charge is 0.0780 e. The van der Waals surface area contributed by atoms with Crippen molar-refractivity contribution < 1.29 is 9.59 Å². The lowest BCUT2D eigenvalue weighted by Crippen LogP contribution is -2.35. The van der Waals surface area contributed by atoms with Gasteiger partial charge in [0.1, 0.15) is 0 Å². The zero-order valence-electron chi connectivity index (χ0n) is 18.8. The standard InChI is InChI=1S/C19H42N.C6H6O/c1-5-6-7-8-9-10-11-12-13-14-15-16-17-18-19-20(2,3)4;7-6-4-2-1-3-5-6/h5-19H2,1-4H3;1-5,7H/q+1;/p-1. The molecule has 0 fully saturated rings. The van der Waals surface area contributed by atoms with Crippen LogP contribution in [-0.4, -0.2) is 32.2 Å². The van der Waals surface area contributed by atoms with Crippen LogP contribution in [0.25, 0.3) is 0 Å². The number of quaternary nitrogens is 1. The Morgan fingerprint density at radius 2 is 0.963 bits per heavy atom. The first-order chi connectivity index (χ1) is 13.0. The van der Waals surface area contributed by atoms with Gasteiger partial charge in [0.2, 0.25) is 0 Å². The summed E-state index contributed by atoms with van der Waals surface area (Å²) in [4.78, 5) is 0. The van der Waals surface area contributed by atoms with Crippen LogP contribution in [0.2, 0.25) is 0 Å². The molecule has 0 atom stereocenters. The Bertz CT molecular complexity index is 397. The molecule has 0 saturated heterocycles. The third-order valence-electron chi connectivity index (χ3n) is 4.93. The molecule has 0 heterocycles. The number of rotatable bonds is 15. The summed E-state index contributed by atoms with van der Waals surface area (Å²) in [6, 6.07) is 8.33. The van der Waals surface area contributed by atoms with Gasteiger partial charge >= 0.3 is 0 Å². The Hall–Kier alpha value is -1.02. The summed E-state index contributed by atoms with van der Waals surface area (Å²) in [6.45, 7) is 3.63. The van der Waals surface area contributed by atoms with Gasteiger partial charge in [-0.1, -0.05) is 114 Å². The molecule has 0 N–H and O–H groups in total. The lowest BCUT2D eigenvalue weighted by Gasteiger charge is -2.23. The first-order valence-electron chi connectivity index (χ1n) is 11.5. The molecule has 1 aromatic rings. The van der Waals surface area contributed by atoms with Crippen LogP contribution >= 0.6 is 0 Å². The molecular formula is C25H47NO. The Morgan fingerprint density at radius 3 is 1.26 bits per heavy atom. The van der Waals surface area contributed by atoms with E-state index < -0.39 is 0 Å². The summed E-state index contributed by atoms with van der Waals surface area (Å²) in [7, 11) is 6.88. The van der Waals surface area contributed by atoms with Gasteiger partial charge in [-0.2, -0.15) is 0 Å². The molecule has 1 aromatic carbocycles. The van der Waals surface area contributed by atoms with Gasteiger partial charge in [0.15, 0.2) is 0 Å². The molecule has 0 aliphatic heterocycles. The minimum atomic E-state index is 0.0718. The highest BCUT2D eigenvalue weighted by atomic mass is 16.3. The molecule has 0 saturated carbocycles. The van der Waals surface area contributed by atoms with Gasteiger partial charge in [-0.3, -0.25) is 0 Å². The van der Waals surface area contributed by atoms with Crippen molar-refractivity contribution in [2.75, 3.05) is 27.7 Å². The Kier molecular flexibility index (Phi) is 17.7. The van der Waals surface area contributed by atoms with E-state index in [0.29, 0.717) is 0 Å². The molecule has 27 heavy (non-hydrogen) atoms.